The summed E-state index contributed by atoms with van der Waals surface area (Å²) in [4.78, 5) is 16.1. The fraction of sp³-hybridized carbons (Fsp3) is 0.562. The molecular weight excluding hydrogens is 236 g/mol. The predicted molar refractivity (Wildman–Crippen MR) is 81.3 cm³/mol. The van der Waals surface area contributed by atoms with Gasteiger partial charge in [-0.1, -0.05) is 26.0 Å². The average Bonchev–Trinajstić information content (AvgIpc) is 2.40. The fourth-order valence-corrected chi connectivity index (χ4v) is 2.20. The van der Waals surface area contributed by atoms with Gasteiger partial charge in [-0.05, 0) is 30.5 Å². The van der Waals surface area contributed by atoms with Crippen LogP contribution in [0.1, 0.15) is 32.3 Å². The number of hydrogen-bond donors (Lipinski definition) is 0. The van der Waals surface area contributed by atoms with Crippen LogP contribution < -0.4 is 4.90 Å². The van der Waals surface area contributed by atoms with E-state index in [9.17, 15) is 4.79 Å². The minimum absolute atomic E-state index is 0.158. The van der Waals surface area contributed by atoms with E-state index in [1.807, 2.05) is 26.0 Å². The smallest absolute Gasteiger partial charge is 0.225 e. The van der Waals surface area contributed by atoms with E-state index in [2.05, 4.69) is 43.0 Å². The summed E-state index contributed by atoms with van der Waals surface area (Å²) in [5.74, 6) is 0.410. The van der Waals surface area contributed by atoms with Crippen molar-refractivity contribution in [2.24, 2.45) is 5.92 Å². The first-order valence-corrected chi connectivity index (χ1v) is 7.00. The Kier molecular flexibility index (Phi) is 5.87. The standard InChI is InChI=1S/C16H26N2O/c1-6-14(7-2)16(19)18(5)12-13-8-10-15(11-9-13)17(3)4/h8-11,14H,6-7,12H2,1-5H3. The molecule has 0 spiro atoms. The topological polar surface area (TPSA) is 23.6 Å². The van der Waals surface area contributed by atoms with Crippen molar-refractivity contribution in [2.75, 3.05) is 26.0 Å². The van der Waals surface area contributed by atoms with Crippen molar-refractivity contribution in [2.45, 2.75) is 33.2 Å². The monoisotopic (exact) mass is 262 g/mol. The summed E-state index contributed by atoms with van der Waals surface area (Å²) < 4.78 is 0. The molecule has 1 aromatic rings. The van der Waals surface area contributed by atoms with Gasteiger partial charge in [0.05, 0.1) is 0 Å². The molecule has 106 valence electrons. The van der Waals surface area contributed by atoms with Crippen molar-refractivity contribution in [3.63, 3.8) is 0 Å². The Morgan fingerprint density at radius 2 is 1.58 bits per heavy atom. The first kappa shape index (κ1) is 15.5. The molecule has 0 saturated carbocycles. The van der Waals surface area contributed by atoms with Crippen molar-refractivity contribution in [3.8, 4) is 0 Å². The zero-order valence-electron chi connectivity index (χ0n) is 12.8. The predicted octanol–water partition coefficient (Wildman–Crippen LogP) is 3.15. The van der Waals surface area contributed by atoms with E-state index in [0.29, 0.717) is 6.54 Å². The molecule has 0 aliphatic rings. The van der Waals surface area contributed by atoms with Gasteiger partial charge in [0.25, 0.3) is 0 Å². The van der Waals surface area contributed by atoms with Crippen LogP contribution in [0, 0.1) is 5.92 Å². The van der Waals surface area contributed by atoms with Gasteiger partial charge in [0, 0.05) is 39.3 Å². The van der Waals surface area contributed by atoms with E-state index in [0.717, 1.165) is 12.8 Å². The van der Waals surface area contributed by atoms with Gasteiger partial charge in [-0.25, -0.2) is 0 Å². The molecule has 0 radical (unpaired) electrons. The quantitative estimate of drug-likeness (QED) is 0.786. The number of nitrogens with zero attached hydrogens (tertiary/aromatic N) is 2. The van der Waals surface area contributed by atoms with Gasteiger partial charge in [-0.2, -0.15) is 0 Å². The highest BCUT2D eigenvalue weighted by molar-refractivity contribution is 5.78. The Bertz CT molecular complexity index is 394. The Hall–Kier alpha value is -1.51. The number of carbonyl (C=O) groups excluding carboxylic acids is 1. The molecule has 0 saturated heterocycles. The number of hydrogen-bond acceptors (Lipinski definition) is 2. The van der Waals surface area contributed by atoms with E-state index < -0.39 is 0 Å². The molecule has 19 heavy (non-hydrogen) atoms. The Labute approximate surface area is 117 Å². The maximum Gasteiger partial charge on any atom is 0.225 e. The molecule has 0 N–H and O–H groups in total. The summed E-state index contributed by atoms with van der Waals surface area (Å²) in [5, 5.41) is 0. The number of benzene rings is 1. The highest BCUT2D eigenvalue weighted by Gasteiger charge is 2.18. The van der Waals surface area contributed by atoms with Crippen molar-refractivity contribution in [1.82, 2.24) is 4.90 Å². The second kappa shape index (κ2) is 7.17. The van der Waals surface area contributed by atoms with Crippen molar-refractivity contribution in [1.29, 1.82) is 0 Å². The highest BCUT2D eigenvalue weighted by Crippen LogP contribution is 2.16. The molecule has 3 heteroatoms. The summed E-state index contributed by atoms with van der Waals surface area (Å²) >= 11 is 0. The van der Waals surface area contributed by atoms with Crippen LogP contribution in [-0.4, -0.2) is 32.0 Å². The summed E-state index contributed by atoms with van der Waals surface area (Å²) in [6.07, 6.45) is 1.83. The molecule has 1 rings (SSSR count). The fourth-order valence-electron chi connectivity index (χ4n) is 2.20. The van der Waals surface area contributed by atoms with Gasteiger partial charge in [0.2, 0.25) is 5.91 Å². The van der Waals surface area contributed by atoms with Crippen LogP contribution >= 0.6 is 0 Å². The number of carbonyl (C=O) groups is 1. The van der Waals surface area contributed by atoms with Crippen molar-refractivity contribution >= 4 is 11.6 Å². The van der Waals surface area contributed by atoms with Crippen LogP contribution in [0.2, 0.25) is 0 Å². The number of rotatable bonds is 6. The molecule has 0 heterocycles. The molecule has 0 aromatic heterocycles. The van der Waals surface area contributed by atoms with Gasteiger partial charge in [-0.15, -0.1) is 0 Å². The van der Waals surface area contributed by atoms with Crippen molar-refractivity contribution in [3.05, 3.63) is 29.8 Å². The van der Waals surface area contributed by atoms with Gasteiger partial charge in [0.1, 0.15) is 0 Å². The van der Waals surface area contributed by atoms with Crippen LogP contribution in [0.15, 0.2) is 24.3 Å². The normalized spacial score (nSPS) is 10.6. The van der Waals surface area contributed by atoms with Gasteiger partial charge < -0.3 is 9.80 Å². The van der Waals surface area contributed by atoms with E-state index in [1.54, 1.807) is 0 Å². The minimum Gasteiger partial charge on any atom is -0.378 e. The zero-order valence-corrected chi connectivity index (χ0v) is 12.8. The molecule has 0 unspecified atom stereocenters. The lowest BCUT2D eigenvalue weighted by Gasteiger charge is -2.22. The third-order valence-electron chi connectivity index (χ3n) is 3.58. The highest BCUT2D eigenvalue weighted by atomic mass is 16.2. The molecule has 0 bridgehead atoms. The lowest BCUT2D eigenvalue weighted by molar-refractivity contribution is -0.134. The number of amides is 1. The zero-order chi connectivity index (χ0) is 14.4. The summed E-state index contributed by atoms with van der Waals surface area (Å²) in [6.45, 7) is 4.83. The van der Waals surface area contributed by atoms with Gasteiger partial charge >= 0.3 is 0 Å². The largest absolute Gasteiger partial charge is 0.378 e. The lowest BCUT2D eigenvalue weighted by atomic mass is 10.0. The van der Waals surface area contributed by atoms with E-state index >= 15 is 0 Å². The molecule has 0 aliphatic heterocycles. The second-order valence-electron chi connectivity index (χ2n) is 5.27. The van der Waals surface area contributed by atoms with E-state index in [-0.39, 0.29) is 11.8 Å². The van der Waals surface area contributed by atoms with Crippen LogP contribution in [0.5, 0.6) is 0 Å². The molecule has 1 aromatic carbocycles. The van der Waals surface area contributed by atoms with E-state index in [1.165, 1.54) is 11.3 Å². The lowest BCUT2D eigenvalue weighted by Crippen LogP contribution is -2.32. The van der Waals surface area contributed by atoms with Crippen LogP contribution in [0.3, 0.4) is 0 Å². The Morgan fingerprint density at radius 3 is 2.00 bits per heavy atom. The van der Waals surface area contributed by atoms with Gasteiger partial charge in [-0.3, -0.25) is 4.79 Å². The first-order valence-electron chi connectivity index (χ1n) is 7.00. The molecule has 3 nitrogen and oxygen atoms in total. The average molecular weight is 262 g/mol. The SMILES string of the molecule is CCC(CC)C(=O)N(C)Cc1ccc(N(C)C)cc1. The molecule has 1 amide bonds. The van der Waals surface area contributed by atoms with Crippen LogP contribution in [0.25, 0.3) is 0 Å². The summed E-state index contributed by atoms with van der Waals surface area (Å²) in [7, 11) is 5.94. The third kappa shape index (κ3) is 4.27. The maximum atomic E-state index is 12.2. The second-order valence-corrected chi connectivity index (χ2v) is 5.27. The summed E-state index contributed by atoms with van der Waals surface area (Å²) in [5.41, 5.74) is 2.35. The molecule has 0 atom stereocenters. The minimum atomic E-state index is 0.158. The third-order valence-corrected chi connectivity index (χ3v) is 3.58. The number of anilines is 1. The molecule has 0 fully saturated rings. The molecular formula is C16H26N2O. The van der Waals surface area contributed by atoms with Gasteiger partial charge in [0.15, 0.2) is 0 Å². The first-order chi connectivity index (χ1) is 8.99. The van der Waals surface area contributed by atoms with Crippen LogP contribution in [0.4, 0.5) is 5.69 Å². The van der Waals surface area contributed by atoms with Crippen molar-refractivity contribution < 1.29 is 4.79 Å². The Morgan fingerprint density at radius 1 is 1.05 bits per heavy atom. The van der Waals surface area contributed by atoms with Crippen LogP contribution in [-0.2, 0) is 11.3 Å². The Balaban J connectivity index is 2.66. The molecule has 0 aliphatic carbocycles. The van der Waals surface area contributed by atoms with E-state index in [4.69, 9.17) is 0 Å². The summed E-state index contributed by atoms with van der Waals surface area (Å²) in [6, 6.07) is 8.35. The maximum absolute atomic E-state index is 12.2.